The number of nitrogens with one attached hydrogen (secondary N) is 1. The minimum atomic E-state index is -0.781. The van der Waals surface area contributed by atoms with Crippen LogP contribution in [0.3, 0.4) is 0 Å². The largest absolute Gasteiger partial charge is 0.403 e. The minimum Gasteiger partial charge on any atom is -0.403 e. The Bertz CT molecular complexity index is 556. The molecule has 3 rings (SSSR count). The minimum absolute atomic E-state index is 0.220. The van der Waals surface area contributed by atoms with E-state index in [9.17, 15) is 9.59 Å². The van der Waals surface area contributed by atoms with Crippen molar-refractivity contribution in [3.63, 3.8) is 0 Å². The second kappa shape index (κ2) is 4.21. The van der Waals surface area contributed by atoms with Crippen LogP contribution >= 0.6 is 11.3 Å². The number of nitrogens with two attached hydrogens (primary N) is 1. The number of rotatable bonds is 2. The van der Waals surface area contributed by atoms with Crippen LogP contribution in [0.15, 0.2) is 5.38 Å². The molecule has 19 heavy (non-hydrogen) atoms. The Balaban J connectivity index is 1.89. The summed E-state index contributed by atoms with van der Waals surface area (Å²) >= 11 is 1.43. The fraction of sp³-hybridized carbons (Fsp3) is 0.500. The van der Waals surface area contributed by atoms with Crippen LogP contribution in [0.1, 0.15) is 31.7 Å². The number of carbonyl (C=O) groups excluding carboxylic acids is 2. The van der Waals surface area contributed by atoms with Crippen molar-refractivity contribution >= 4 is 28.2 Å². The molecule has 0 saturated carbocycles. The van der Waals surface area contributed by atoms with Gasteiger partial charge in [-0.25, -0.2) is 0 Å². The van der Waals surface area contributed by atoms with E-state index in [-0.39, 0.29) is 11.8 Å². The van der Waals surface area contributed by atoms with Gasteiger partial charge in [-0.2, -0.15) is 0 Å². The molecule has 0 aliphatic carbocycles. The zero-order chi connectivity index (χ0) is 13.6. The fourth-order valence-electron chi connectivity index (χ4n) is 2.64. The Morgan fingerprint density at radius 3 is 3.00 bits per heavy atom. The summed E-state index contributed by atoms with van der Waals surface area (Å²) in [5, 5.41) is 6.64. The van der Waals surface area contributed by atoms with Gasteiger partial charge < -0.3 is 10.6 Å². The van der Waals surface area contributed by atoms with E-state index < -0.39 is 5.54 Å². The van der Waals surface area contributed by atoms with E-state index in [0.29, 0.717) is 25.8 Å². The Morgan fingerprint density at radius 1 is 1.58 bits per heavy atom. The Morgan fingerprint density at radius 2 is 2.37 bits per heavy atom. The molecule has 102 valence electrons. The maximum atomic E-state index is 12.2. The molecule has 3 heterocycles. The van der Waals surface area contributed by atoms with E-state index in [0.717, 1.165) is 16.3 Å². The smallest absolute Gasteiger partial charge is 0.250 e. The summed E-state index contributed by atoms with van der Waals surface area (Å²) in [5.74, 6) is 0.223. The Labute approximate surface area is 114 Å². The van der Waals surface area contributed by atoms with Gasteiger partial charge in [0.2, 0.25) is 11.8 Å². The highest BCUT2D eigenvalue weighted by Gasteiger charge is 2.50. The lowest BCUT2D eigenvalue weighted by molar-refractivity contribution is -0.173. The lowest BCUT2D eigenvalue weighted by Gasteiger charge is -2.40. The standard InChI is InChI=1S/C12H15N3O3S/c1-2-12(4-3-9(16)14-11(12)17)15-5-7-8(18-15)6-19-10(7)13/h6H,2-5,13H2,1H3,(H,14,16,17). The highest BCUT2D eigenvalue weighted by atomic mass is 32.1. The molecule has 1 fully saturated rings. The predicted octanol–water partition coefficient (Wildman–Crippen LogP) is 1.03. The number of hydrogen-bond acceptors (Lipinski definition) is 6. The normalized spacial score (nSPS) is 27.0. The van der Waals surface area contributed by atoms with Gasteiger partial charge in [-0.3, -0.25) is 14.9 Å². The van der Waals surface area contributed by atoms with Gasteiger partial charge in [0.25, 0.3) is 0 Å². The first kappa shape index (κ1) is 12.4. The predicted molar refractivity (Wildman–Crippen MR) is 70.3 cm³/mol. The molecule has 1 unspecified atom stereocenters. The van der Waals surface area contributed by atoms with Gasteiger partial charge in [0, 0.05) is 17.4 Å². The number of hydroxylamine groups is 2. The van der Waals surface area contributed by atoms with Gasteiger partial charge in [0.1, 0.15) is 5.54 Å². The van der Waals surface area contributed by atoms with Crippen molar-refractivity contribution in [1.29, 1.82) is 0 Å². The van der Waals surface area contributed by atoms with Crippen molar-refractivity contribution in [2.75, 3.05) is 5.73 Å². The average Bonchev–Trinajstić information content (AvgIpc) is 2.94. The maximum Gasteiger partial charge on any atom is 0.250 e. The molecule has 0 spiro atoms. The quantitative estimate of drug-likeness (QED) is 0.791. The number of imide groups is 1. The molecule has 2 amide bonds. The number of amides is 2. The Hall–Kier alpha value is -1.60. The Kier molecular flexibility index (Phi) is 2.75. The number of thiophene rings is 1. The van der Waals surface area contributed by atoms with Crippen molar-refractivity contribution in [1.82, 2.24) is 10.4 Å². The average molecular weight is 281 g/mol. The third-order valence-corrected chi connectivity index (χ3v) is 4.73. The van der Waals surface area contributed by atoms with Crippen LogP contribution in [-0.2, 0) is 16.1 Å². The molecule has 6 nitrogen and oxygen atoms in total. The van der Waals surface area contributed by atoms with E-state index in [1.54, 1.807) is 5.06 Å². The zero-order valence-corrected chi connectivity index (χ0v) is 11.4. The summed E-state index contributed by atoms with van der Waals surface area (Å²) in [4.78, 5) is 29.3. The van der Waals surface area contributed by atoms with Crippen molar-refractivity contribution in [3.8, 4) is 5.75 Å². The molecule has 0 bridgehead atoms. The number of fused-ring (bicyclic) bond motifs is 1. The van der Waals surface area contributed by atoms with E-state index >= 15 is 0 Å². The topological polar surface area (TPSA) is 84.7 Å². The van der Waals surface area contributed by atoms with Gasteiger partial charge in [0.15, 0.2) is 5.75 Å². The highest BCUT2D eigenvalue weighted by Crippen LogP contribution is 2.42. The molecule has 2 aliphatic rings. The second-order valence-electron chi connectivity index (χ2n) is 4.83. The van der Waals surface area contributed by atoms with Crippen molar-refractivity contribution in [2.24, 2.45) is 0 Å². The number of hydrogen-bond donors (Lipinski definition) is 2. The van der Waals surface area contributed by atoms with E-state index in [1.165, 1.54) is 11.3 Å². The molecule has 7 heteroatoms. The molecule has 0 radical (unpaired) electrons. The lowest BCUT2D eigenvalue weighted by atomic mass is 9.85. The number of anilines is 1. The number of nitrogens with zero attached hydrogens (tertiary/aromatic N) is 1. The summed E-state index contributed by atoms with van der Waals surface area (Å²) < 4.78 is 0. The summed E-state index contributed by atoms with van der Waals surface area (Å²) in [7, 11) is 0. The van der Waals surface area contributed by atoms with E-state index in [1.807, 2.05) is 12.3 Å². The molecule has 1 aromatic heterocycles. The van der Waals surface area contributed by atoms with Crippen LogP contribution in [-0.4, -0.2) is 22.4 Å². The van der Waals surface area contributed by atoms with E-state index in [4.69, 9.17) is 10.6 Å². The maximum absolute atomic E-state index is 12.2. The summed E-state index contributed by atoms with van der Waals surface area (Å²) in [5.41, 5.74) is 6.03. The first-order valence-corrected chi connectivity index (χ1v) is 7.10. The van der Waals surface area contributed by atoms with Crippen LogP contribution < -0.4 is 15.9 Å². The first-order chi connectivity index (χ1) is 9.06. The van der Waals surface area contributed by atoms with Crippen molar-refractivity contribution in [3.05, 3.63) is 10.9 Å². The lowest BCUT2D eigenvalue weighted by Crippen LogP contribution is -2.62. The van der Waals surface area contributed by atoms with Crippen molar-refractivity contribution < 1.29 is 14.4 Å². The van der Waals surface area contributed by atoms with Gasteiger partial charge in [0.05, 0.1) is 11.5 Å². The van der Waals surface area contributed by atoms with Crippen LogP contribution in [0.2, 0.25) is 0 Å². The SMILES string of the molecule is CCC1(N2Cc3c(csc3N)O2)CCC(=O)NC1=O. The van der Waals surface area contributed by atoms with Gasteiger partial charge >= 0.3 is 0 Å². The molecule has 2 aliphatic heterocycles. The van der Waals surface area contributed by atoms with E-state index in [2.05, 4.69) is 5.32 Å². The molecule has 1 aromatic rings. The van der Waals surface area contributed by atoms with Gasteiger partial charge in [-0.1, -0.05) is 6.92 Å². The molecule has 0 aromatic carbocycles. The van der Waals surface area contributed by atoms with Gasteiger partial charge in [-0.05, 0) is 12.8 Å². The summed E-state index contributed by atoms with van der Waals surface area (Å²) in [6.45, 7) is 2.41. The fourth-order valence-corrected chi connectivity index (χ4v) is 3.36. The molecule has 1 saturated heterocycles. The van der Waals surface area contributed by atoms with Crippen molar-refractivity contribution in [2.45, 2.75) is 38.3 Å². The molecular formula is C12H15N3O3S. The zero-order valence-electron chi connectivity index (χ0n) is 10.6. The third-order valence-electron chi connectivity index (χ3n) is 3.90. The number of piperidine rings is 1. The number of nitrogen functional groups attached to an aromatic ring is 1. The summed E-state index contributed by atoms with van der Waals surface area (Å²) in [6, 6.07) is 0. The highest BCUT2D eigenvalue weighted by molar-refractivity contribution is 7.14. The summed E-state index contributed by atoms with van der Waals surface area (Å²) in [6.07, 6.45) is 1.39. The van der Waals surface area contributed by atoms with Crippen LogP contribution in [0.25, 0.3) is 0 Å². The number of carbonyl (C=O) groups is 2. The molecular weight excluding hydrogens is 266 g/mol. The van der Waals surface area contributed by atoms with Gasteiger partial charge in [-0.15, -0.1) is 16.4 Å². The third kappa shape index (κ3) is 1.73. The molecule has 1 atom stereocenters. The molecule has 3 N–H and O–H groups in total. The monoisotopic (exact) mass is 281 g/mol. The van der Waals surface area contributed by atoms with Crippen LogP contribution in [0, 0.1) is 0 Å². The first-order valence-electron chi connectivity index (χ1n) is 6.22. The second-order valence-corrected chi connectivity index (χ2v) is 5.74. The van der Waals surface area contributed by atoms with Crippen LogP contribution in [0.4, 0.5) is 5.00 Å². The van der Waals surface area contributed by atoms with Crippen LogP contribution in [0.5, 0.6) is 5.75 Å².